The Hall–Kier alpha value is -3.10. The molecule has 38 heavy (non-hydrogen) atoms. The van der Waals surface area contributed by atoms with Crippen LogP contribution in [0.25, 0.3) is 0 Å². The van der Waals surface area contributed by atoms with Crippen molar-refractivity contribution in [2.45, 2.75) is 111 Å². The first kappa shape index (κ1) is 32.9. The molecule has 0 aliphatic heterocycles. The molecule has 4 N–H and O–H groups in total. The molecule has 0 spiro atoms. The third-order valence-corrected chi connectivity index (χ3v) is 6.05. The number of aryl methyl sites for hydroxylation is 1. The average Bonchev–Trinajstić information content (AvgIpc) is 2.85. The molecule has 2 unspecified atom stereocenters. The van der Waals surface area contributed by atoms with Crippen molar-refractivity contribution in [1.82, 2.24) is 15.5 Å². The Morgan fingerprint density at radius 3 is 2.13 bits per heavy atom. The van der Waals surface area contributed by atoms with Crippen LogP contribution in [0, 0.1) is 0 Å². The van der Waals surface area contributed by atoms with E-state index in [9.17, 15) is 19.2 Å². The molecular weight excluding hydrogens is 484 g/mol. The highest BCUT2D eigenvalue weighted by atomic mass is 16.6. The second-order valence-corrected chi connectivity index (χ2v) is 10.6. The van der Waals surface area contributed by atoms with Gasteiger partial charge < -0.3 is 26.0 Å². The summed E-state index contributed by atoms with van der Waals surface area (Å²) < 4.78 is 5.36. The van der Waals surface area contributed by atoms with E-state index in [1.54, 1.807) is 20.8 Å². The van der Waals surface area contributed by atoms with Crippen molar-refractivity contribution in [1.29, 1.82) is 0 Å². The molecule has 0 heterocycles. The van der Waals surface area contributed by atoms with E-state index in [4.69, 9.17) is 10.5 Å². The summed E-state index contributed by atoms with van der Waals surface area (Å²) in [7, 11) is 0. The van der Waals surface area contributed by atoms with E-state index < -0.39 is 35.6 Å². The van der Waals surface area contributed by atoms with Crippen molar-refractivity contribution in [2.24, 2.45) is 5.73 Å². The van der Waals surface area contributed by atoms with Gasteiger partial charge in [0.15, 0.2) is 0 Å². The number of carbonyl (C=O) groups excluding carboxylic acids is 4. The van der Waals surface area contributed by atoms with Crippen LogP contribution in [-0.2, 0) is 25.5 Å². The van der Waals surface area contributed by atoms with Gasteiger partial charge in [-0.05, 0) is 57.6 Å². The van der Waals surface area contributed by atoms with E-state index in [0.717, 1.165) is 37.7 Å². The van der Waals surface area contributed by atoms with Gasteiger partial charge in [-0.25, -0.2) is 4.79 Å². The van der Waals surface area contributed by atoms with Gasteiger partial charge in [-0.3, -0.25) is 14.4 Å². The van der Waals surface area contributed by atoms with Crippen LogP contribution in [-0.4, -0.2) is 53.4 Å². The highest BCUT2D eigenvalue weighted by molar-refractivity contribution is 5.92. The zero-order chi connectivity index (χ0) is 28.7. The summed E-state index contributed by atoms with van der Waals surface area (Å²) in [6.07, 6.45) is 4.28. The smallest absolute Gasteiger partial charge is 0.408 e. The summed E-state index contributed by atoms with van der Waals surface area (Å²) in [5.41, 5.74) is 6.40. The summed E-state index contributed by atoms with van der Waals surface area (Å²) in [4.78, 5) is 53.3. The number of primary amides is 1. The van der Waals surface area contributed by atoms with Crippen molar-refractivity contribution in [3.05, 3.63) is 35.4 Å². The maximum atomic E-state index is 14.0. The van der Waals surface area contributed by atoms with Gasteiger partial charge in [0.1, 0.15) is 17.7 Å². The normalized spacial score (nSPS) is 12.8. The first-order valence-electron chi connectivity index (χ1n) is 13.9. The number of nitrogens with two attached hydrogens (primary N) is 1. The molecule has 2 atom stereocenters. The molecule has 0 bridgehead atoms. The summed E-state index contributed by atoms with van der Waals surface area (Å²) in [6, 6.07) is 5.69. The number of benzene rings is 1. The van der Waals surface area contributed by atoms with Crippen LogP contribution in [0.3, 0.4) is 0 Å². The first-order chi connectivity index (χ1) is 17.9. The molecular formula is C29H48N4O5. The lowest BCUT2D eigenvalue weighted by Crippen LogP contribution is -2.53. The van der Waals surface area contributed by atoms with E-state index >= 15 is 0 Å². The molecule has 0 saturated carbocycles. The SMILES string of the molecule is CCCCCNC(=O)C(c1ccc(CC)cc1)N(CCCC)C(=O)C(CCC(N)=O)NC(=O)OC(C)(C)C. The van der Waals surface area contributed by atoms with Crippen LogP contribution in [0.2, 0.25) is 0 Å². The number of hydrogen-bond donors (Lipinski definition) is 3. The molecule has 0 aliphatic carbocycles. The van der Waals surface area contributed by atoms with Gasteiger partial charge in [0, 0.05) is 19.5 Å². The minimum Gasteiger partial charge on any atom is -0.444 e. The lowest BCUT2D eigenvalue weighted by atomic mass is 9.99. The summed E-state index contributed by atoms with van der Waals surface area (Å²) in [5.74, 6) is -1.33. The Morgan fingerprint density at radius 2 is 1.61 bits per heavy atom. The summed E-state index contributed by atoms with van der Waals surface area (Å²) in [6.45, 7) is 12.1. The molecule has 4 amide bonds. The summed E-state index contributed by atoms with van der Waals surface area (Å²) in [5, 5.41) is 5.62. The van der Waals surface area contributed by atoms with Gasteiger partial charge in [0.05, 0.1) is 0 Å². The Bertz CT molecular complexity index is 895. The molecule has 1 aromatic rings. The second-order valence-electron chi connectivity index (χ2n) is 10.6. The largest absolute Gasteiger partial charge is 0.444 e. The minimum absolute atomic E-state index is 0.00432. The minimum atomic E-state index is -1.08. The van der Waals surface area contributed by atoms with E-state index in [-0.39, 0.29) is 18.7 Å². The predicted octanol–water partition coefficient (Wildman–Crippen LogP) is 4.38. The zero-order valence-electron chi connectivity index (χ0n) is 24.1. The van der Waals surface area contributed by atoms with E-state index in [0.29, 0.717) is 25.1 Å². The van der Waals surface area contributed by atoms with Gasteiger partial charge in [-0.15, -0.1) is 0 Å². The number of ether oxygens (including phenoxy) is 1. The highest BCUT2D eigenvalue weighted by Gasteiger charge is 2.36. The standard InChI is InChI=1S/C29H48N4O5/c1-7-10-12-19-31-26(35)25(22-15-13-21(9-3)14-16-22)33(20-11-8-2)27(36)23(17-18-24(30)34)32-28(37)38-29(4,5)6/h13-16,23,25H,7-12,17-20H2,1-6H3,(H2,30,34)(H,31,35)(H,32,37). The van der Waals surface area contributed by atoms with E-state index in [1.165, 1.54) is 4.90 Å². The van der Waals surface area contributed by atoms with Crippen molar-refractivity contribution in [3.8, 4) is 0 Å². The summed E-state index contributed by atoms with van der Waals surface area (Å²) >= 11 is 0. The van der Waals surface area contributed by atoms with Crippen molar-refractivity contribution >= 4 is 23.8 Å². The van der Waals surface area contributed by atoms with Crippen LogP contribution in [0.5, 0.6) is 0 Å². The quantitative estimate of drug-likeness (QED) is 0.272. The van der Waals surface area contributed by atoms with Gasteiger partial charge in [-0.2, -0.15) is 0 Å². The van der Waals surface area contributed by atoms with Gasteiger partial charge >= 0.3 is 6.09 Å². The molecule has 0 aliphatic rings. The lowest BCUT2D eigenvalue weighted by molar-refractivity contribution is -0.142. The maximum Gasteiger partial charge on any atom is 0.408 e. The average molecular weight is 533 g/mol. The molecule has 0 saturated heterocycles. The van der Waals surface area contributed by atoms with E-state index in [2.05, 4.69) is 24.5 Å². The van der Waals surface area contributed by atoms with Crippen LogP contribution < -0.4 is 16.4 Å². The number of rotatable bonds is 16. The fourth-order valence-corrected chi connectivity index (χ4v) is 3.98. The first-order valence-corrected chi connectivity index (χ1v) is 13.9. The van der Waals surface area contributed by atoms with Crippen molar-refractivity contribution in [3.63, 3.8) is 0 Å². The number of alkyl carbamates (subject to hydrolysis) is 1. The highest BCUT2D eigenvalue weighted by Crippen LogP contribution is 2.25. The fourth-order valence-electron chi connectivity index (χ4n) is 3.98. The van der Waals surface area contributed by atoms with Gasteiger partial charge in [0.25, 0.3) is 0 Å². The molecule has 0 fully saturated rings. The van der Waals surface area contributed by atoms with Crippen molar-refractivity contribution in [2.75, 3.05) is 13.1 Å². The van der Waals surface area contributed by atoms with E-state index in [1.807, 2.05) is 31.2 Å². The van der Waals surface area contributed by atoms with Crippen LogP contribution >= 0.6 is 0 Å². The monoisotopic (exact) mass is 532 g/mol. The van der Waals surface area contributed by atoms with Gasteiger partial charge in [-0.1, -0.05) is 64.3 Å². The third kappa shape index (κ3) is 12.0. The Labute approximate surface area is 228 Å². The predicted molar refractivity (Wildman–Crippen MR) is 149 cm³/mol. The van der Waals surface area contributed by atoms with Gasteiger partial charge in [0.2, 0.25) is 17.7 Å². The molecule has 0 aromatic heterocycles. The molecule has 214 valence electrons. The molecule has 1 rings (SSSR count). The Morgan fingerprint density at radius 1 is 0.974 bits per heavy atom. The second kappa shape index (κ2) is 16.7. The number of nitrogens with one attached hydrogen (secondary N) is 2. The number of amides is 4. The topological polar surface area (TPSA) is 131 Å². The fraction of sp³-hybridized carbons (Fsp3) is 0.655. The number of carbonyl (C=O) groups is 4. The lowest BCUT2D eigenvalue weighted by Gasteiger charge is -2.34. The molecule has 9 heteroatoms. The third-order valence-electron chi connectivity index (χ3n) is 6.05. The van der Waals surface area contributed by atoms with Crippen molar-refractivity contribution < 1.29 is 23.9 Å². The molecule has 9 nitrogen and oxygen atoms in total. The van der Waals surface area contributed by atoms with Crippen LogP contribution in [0.15, 0.2) is 24.3 Å². The zero-order valence-corrected chi connectivity index (χ0v) is 24.1. The maximum absolute atomic E-state index is 14.0. The molecule has 1 aromatic carbocycles. The van der Waals surface area contributed by atoms with Crippen LogP contribution in [0.4, 0.5) is 4.79 Å². The Kier molecular flexibility index (Phi) is 14.5. The van der Waals surface area contributed by atoms with Crippen LogP contribution in [0.1, 0.15) is 104 Å². The Balaban J connectivity index is 3.42. The number of nitrogens with zero attached hydrogens (tertiary/aromatic N) is 1. The number of unbranched alkanes of at least 4 members (excludes halogenated alkanes) is 3. The molecule has 0 radical (unpaired) electrons. The number of hydrogen-bond acceptors (Lipinski definition) is 5.